The first-order chi connectivity index (χ1) is 13.1. The number of rotatable bonds is 3. The van der Waals surface area contributed by atoms with Crippen LogP contribution in [0, 0.1) is 17.4 Å². The summed E-state index contributed by atoms with van der Waals surface area (Å²) in [5.41, 5.74) is 5.07. The Morgan fingerprint density at radius 2 is 2.26 bits per heavy atom. The second kappa shape index (κ2) is 7.37. The van der Waals surface area contributed by atoms with Crippen LogP contribution in [-0.2, 0) is 17.9 Å². The second-order valence-corrected chi connectivity index (χ2v) is 7.45. The Morgan fingerprint density at radius 3 is 3.00 bits per heavy atom. The number of nitrogens with zero attached hydrogens (tertiary/aromatic N) is 4. The fraction of sp³-hybridized carbons (Fsp3) is 0.381. The van der Waals surface area contributed by atoms with E-state index in [9.17, 15) is 10.1 Å². The van der Waals surface area contributed by atoms with Crippen LogP contribution in [0.4, 0.5) is 5.69 Å². The van der Waals surface area contributed by atoms with Crippen LogP contribution in [-0.4, -0.2) is 40.8 Å². The van der Waals surface area contributed by atoms with Gasteiger partial charge in [0.2, 0.25) is 5.91 Å². The number of nitriles is 1. The zero-order valence-corrected chi connectivity index (χ0v) is 15.5. The van der Waals surface area contributed by atoms with Gasteiger partial charge in [-0.25, -0.2) is 0 Å². The molecule has 1 unspecified atom stereocenters. The predicted molar refractivity (Wildman–Crippen MR) is 103 cm³/mol. The van der Waals surface area contributed by atoms with Crippen molar-refractivity contribution in [3.63, 3.8) is 0 Å². The van der Waals surface area contributed by atoms with Crippen LogP contribution in [0.25, 0.3) is 11.1 Å². The molecule has 0 radical (unpaired) electrons. The van der Waals surface area contributed by atoms with Crippen molar-refractivity contribution in [2.45, 2.75) is 25.9 Å². The van der Waals surface area contributed by atoms with Crippen molar-refractivity contribution in [3.8, 4) is 17.3 Å². The Morgan fingerprint density at radius 1 is 1.37 bits per heavy atom. The highest BCUT2D eigenvalue weighted by Crippen LogP contribution is 2.35. The van der Waals surface area contributed by atoms with Crippen molar-refractivity contribution in [2.24, 2.45) is 5.92 Å². The zero-order chi connectivity index (χ0) is 18.8. The molecule has 2 aromatic rings. The second-order valence-electron chi connectivity index (χ2n) is 7.45. The lowest BCUT2D eigenvalue weighted by Crippen LogP contribution is -2.38. The van der Waals surface area contributed by atoms with E-state index in [4.69, 9.17) is 0 Å². The molecular weight excluding hydrogens is 338 g/mol. The molecule has 0 bridgehead atoms. The molecule has 6 heteroatoms. The number of anilines is 1. The first-order valence-electron chi connectivity index (χ1n) is 9.34. The maximum atomic E-state index is 12.8. The van der Waals surface area contributed by atoms with Gasteiger partial charge in [0.05, 0.1) is 19.0 Å². The Balaban J connectivity index is 1.64. The van der Waals surface area contributed by atoms with Crippen LogP contribution in [0.3, 0.4) is 0 Å². The monoisotopic (exact) mass is 361 g/mol. The summed E-state index contributed by atoms with van der Waals surface area (Å²) >= 11 is 0. The lowest BCUT2D eigenvalue weighted by molar-refractivity contribution is -0.121. The lowest BCUT2D eigenvalue weighted by Gasteiger charge is -2.28. The van der Waals surface area contributed by atoms with E-state index in [0.29, 0.717) is 13.1 Å². The van der Waals surface area contributed by atoms with E-state index in [-0.39, 0.29) is 11.8 Å². The molecule has 138 valence electrons. The van der Waals surface area contributed by atoms with E-state index in [2.05, 4.69) is 28.4 Å². The van der Waals surface area contributed by atoms with Gasteiger partial charge in [-0.2, -0.15) is 5.26 Å². The molecule has 1 fully saturated rings. The van der Waals surface area contributed by atoms with Crippen molar-refractivity contribution >= 4 is 11.6 Å². The molecule has 0 aliphatic carbocycles. The summed E-state index contributed by atoms with van der Waals surface area (Å²) in [7, 11) is 2.06. The topological polar surface area (TPSA) is 72.3 Å². The maximum absolute atomic E-state index is 12.8. The standard InChI is InChI=1S/C21H23N5O/c1-25-7-3-5-16(11-25)21(27)24-18-8-17-12-26(14-22)13-20(17)19(9-18)15-4-2-6-23-10-15/h2,4,6,8-10,16H,3,5,7,11-13H2,1H3,(H,24,27). The average Bonchev–Trinajstić information content (AvgIpc) is 3.11. The summed E-state index contributed by atoms with van der Waals surface area (Å²) < 4.78 is 0. The van der Waals surface area contributed by atoms with E-state index in [1.807, 2.05) is 30.5 Å². The van der Waals surface area contributed by atoms with Gasteiger partial charge in [0.15, 0.2) is 6.19 Å². The number of fused-ring (bicyclic) bond motifs is 1. The quantitative estimate of drug-likeness (QED) is 0.851. The van der Waals surface area contributed by atoms with Gasteiger partial charge in [0.1, 0.15) is 0 Å². The molecule has 1 saturated heterocycles. The number of hydrogen-bond donors (Lipinski definition) is 1. The molecule has 3 heterocycles. The smallest absolute Gasteiger partial charge is 0.228 e. The zero-order valence-electron chi connectivity index (χ0n) is 15.5. The summed E-state index contributed by atoms with van der Waals surface area (Å²) in [5, 5.41) is 12.4. The molecule has 1 N–H and O–H groups in total. The third kappa shape index (κ3) is 3.64. The predicted octanol–water partition coefficient (Wildman–Crippen LogP) is 2.83. The molecule has 1 aromatic carbocycles. The Hall–Kier alpha value is -2.91. The minimum absolute atomic E-state index is 0.0226. The average molecular weight is 361 g/mol. The first-order valence-corrected chi connectivity index (χ1v) is 9.34. The largest absolute Gasteiger partial charge is 0.326 e. The number of benzene rings is 1. The number of pyridine rings is 1. The Bertz CT molecular complexity index is 889. The number of piperidine rings is 1. The van der Waals surface area contributed by atoms with E-state index in [1.54, 1.807) is 11.1 Å². The van der Waals surface area contributed by atoms with E-state index < -0.39 is 0 Å². The van der Waals surface area contributed by atoms with Gasteiger partial charge in [-0.1, -0.05) is 6.07 Å². The summed E-state index contributed by atoms with van der Waals surface area (Å²) in [5.74, 6) is 0.100. The van der Waals surface area contributed by atoms with Crippen molar-refractivity contribution in [3.05, 3.63) is 47.8 Å². The summed E-state index contributed by atoms with van der Waals surface area (Å²) in [6, 6.07) is 7.94. The number of amides is 1. The van der Waals surface area contributed by atoms with Gasteiger partial charge in [-0.3, -0.25) is 9.78 Å². The molecular formula is C21H23N5O. The molecule has 4 rings (SSSR count). The number of aromatic nitrogens is 1. The number of carbonyl (C=O) groups excluding carboxylic acids is 1. The van der Waals surface area contributed by atoms with Crippen LogP contribution in [0.15, 0.2) is 36.7 Å². The lowest BCUT2D eigenvalue weighted by atomic mass is 9.95. The molecule has 6 nitrogen and oxygen atoms in total. The molecule has 1 amide bonds. The Kier molecular flexibility index (Phi) is 4.78. The van der Waals surface area contributed by atoms with Gasteiger partial charge in [-0.15, -0.1) is 0 Å². The van der Waals surface area contributed by atoms with Crippen LogP contribution in [0.2, 0.25) is 0 Å². The molecule has 0 spiro atoms. The van der Waals surface area contributed by atoms with Gasteiger partial charge in [0, 0.05) is 30.2 Å². The summed E-state index contributed by atoms with van der Waals surface area (Å²) in [6.07, 6.45) is 7.79. The summed E-state index contributed by atoms with van der Waals surface area (Å²) in [6.45, 7) is 3.03. The van der Waals surface area contributed by atoms with Crippen molar-refractivity contribution < 1.29 is 4.79 Å². The van der Waals surface area contributed by atoms with Crippen LogP contribution < -0.4 is 5.32 Å². The van der Waals surface area contributed by atoms with Crippen molar-refractivity contribution in [2.75, 3.05) is 25.5 Å². The Labute approximate surface area is 159 Å². The molecule has 1 aromatic heterocycles. The maximum Gasteiger partial charge on any atom is 0.228 e. The highest BCUT2D eigenvalue weighted by molar-refractivity contribution is 5.94. The minimum Gasteiger partial charge on any atom is -0.326 e. The third-order valence-electron chi connectivity index (χ3n) is 5.43. The number of likely N-dealkylation sites (tertiary alicyclic amines) is 1. The normalized spacial score (nSPS) is 19.4. The SMILES string of the molecule is CN1CCCC(C(=O)Nc2cc3c(c(-c4cccnc4)c2)CN(C#N)C3)C1. The first kappa shape index (κ1) is 17.5. The van der Waals surface area contributed by atoms with Gasteiger partial charge >= 0.3 is 0 Å². The highest BCUT2D eigenvalue weighted by atomic mass is 16.1. The minimum atomic E-state index is 0.0226. The molecule has 2 aliphatic heterocycles. The number of hydrogen-bond acceptors (Lipinski definition) is 5. The fourth-order valence-electron chi connectivity index (χ4n) is 4.06. The van der Waals surface area contributed by atoms with Crippen molar-refractivity contribution in [1.82, 2.24) is 14.8 Å². The van der Waals surface area contributed by atoms with Gasteiger partial charge in [0.25, 0.3) is 0 Å². The molecule has 27 heavy (non-hydrogen) atoms. The number of carbonyl (C=O) groups is 1. The van der Waals surface area contributed by atoms with Crippen LogP contribution >= 0.6 is 0 Å². The molecule has 0 saturated carbocycles. The van der Waals surface area contributed by atoms with E-state index in [0.717, 1.165) is 53.9 Å². The van der Waals surface area contributed by atoms with Crippen LogP contribution in [0.5, 0.6) is 0 Å². The molecule has 2 aliphatic rings. The third-order valence-corrected chi connectivity index (χ3v) is 5.43. The molecule has 1 atom stereocenters. The highest BCUT2D eigenvalue weighted by Gasteiger charge is 2.26. The summed E-state index contributed by atoms with van der Waals surface area (Å²) in [4.78, 5) is 20.9. The van der Waals surface area contributed by atoms with Crippen molar-refractivity contribution in [1.29, 1.82) is 5.26 Å². The van der Waals surface area contributed by atoms with Crippen LogP contribution in [0.1, 0.15) is 24.0 Å². The van der Waals surface area contributed by atoms with Gasteiger partial charge < -0.3 is 15.1 Å². The van der Waals surface area contributed by atoms with E-state index in [1.165, 1.54) is 0 Å². The fourth-order valence-corrected chi connectivity index (χ4v) is 4.06. The van der Waals surface area contributed by atoms with E-state index >= 15 is 0 Å². The number of nitrogens with one attached hydrogen (secondary N) is 1. The van der Waals surface area contributed by atoms with Gasteiger partial charge in [-0.05, 0) is 61.3 Å².